The van der Waals surface area contributed by atoms with E-state index in [1.165, 1.54) is 23.1 Å². The number of hydrogen-bond donors (Lipinski definition) is 2. The number of aromatic nitrogens is 2. The van der Waals surface area contributed by atoms with Gasteiger partial charge >= 0.3 is 0 Å². The van der Waals surface area contributed by atoms with Crippen molar-refractivity contribution in [2.75, 3.05) is 30.9 Å². The van der Waals surface area contributed by atoms with Crippen molar-refractivity contribution in [2.45, 2.75) is 30.4 Å². The van der Waals surface area contributed by atoms with E-state index in [0.29, 0.717) is 29.5 Å². The van der Waals surface area contributed by atoms with Gasteiger partial charge in [0.2, 0.25) is 11.0 Å². The van der Waals surface area contributed by atoms with Crippen molar-refractivity contribution in [2.24, 2.45) is 5.92 Å². The molecule has 0 bridgehead atoms. The highest BCUT2D eigenvalue weighted by atomic mass is 32.2. The molecule has 0 unspecified atom stereocenters. The minimum atomic E-state index is -0.291. The first-order valence-corrected chi connectivity index (χ1v) is 10.3. The normalized spacial score (nSPS) is 12.0. The molecule has 7 nitrogen and oxygen atoms in total. The number of Topliss-reactive ketones (excluding diaryl/α,β-unsaturated/α-hetero) is 1. The Labute approximate surface area is 167 Å². The molecule has 0 aliphatic rings. The minimum absolute atomic E-state index is 0.00540. The molecule has 0 saturated heterocycles. The second kappa shape index (κ2) is 10.4. The first-order valence-electron chi connectivity index (χ1n) is 8.58. The van der Waals surface area contributed by atoms with Gasteiger partial charge in [-0.3, -0.25) is 9.59 Å². The Morgan fingerprint density at radius 2 is 1.89 bits per heavy atom. The largest absolute Gasteiger partial charge is 0.383 e. The van der Waals surface area contributed by atoms with E-state index in [9.17, 15) is 9.59 Å². The lowest BCUT2D eigenvalue weighted by Crippen LogP contribution is -2.18. The van der Waals surface area contributed by atoms with Crippen LogP contribution in [0.4, 0.5) is 10.8 Å². The molecule has 0 radical (unpaired) electrons. The number of nitrogens with zero attached hydrogens (tertiary/aromatic N) is 2. The zero-order valence-corrected chi connectivity index (χ0v) is 17.4. The number of carbonyl (C=O) groups excluding carboxylic acids is 2. The van der Waals surface area contributed by atoms with Gasteiger partial charge in [0.15, 0.2) is 10.1 Å². The van der Waals surface area contributed by atoms with Crippen LogP contribution in [0.1, 0.15) is 31.1 Å². The predicted octanol–water partition coefficient (Wildman–Crippen LogP) is 3.55. The zero-order chi connectivity index (χ0) is 19.8. The Morgan fingerprint density at radius 3 is 2.52 bits per heavy atom. The van der Waals surface area contributed by atoms with Crippen LogP contribution in [0.5, 0.6) is 0 Å². The third kappa shape index (κ3) is 6.60. The van der Waals surface area contributed by atoms with Crippen LogP contribution < -0.4 is 10.6 Å². The molecule has 0 saturated carbocycles. The lowest BCUT2D eigenvalue weighted by Gasteiger charge is -2.10. The van der Waals surface area contributed by atoms with Crippen LogP contribution in [0, 0.1) is 5.92 Å². The van der Waals surface area contributed by atoms with Crippen molar-refractivity contribution in [3.63, 3.8) is 0 Å². The van der Waals surface area contributed by atoms with Crippen LogP contribution in [-0.2, 0) is 9.53 Å². The number of rotatable bonds is 10. The predicted molar refractivity (Wildman–Crippen MR) is 110 cm³/mol. The highest BCUT2D eigenvalue weighted by molar-refractivity contribution is 8.02. The van der Waals surface area contributed by atoms with Gasteiger partial charge < -0.3 is 15.4 Å². The average Bonchev–Trinajstić information content (AvgIpc) is 3.09. The summed E-state index contributed by atoms with van der Waals surface area (Å²) in [7, 11) is 1.64. The molecule has 1 amide bonds. The van der Waals surface area contributed by atoms with E-state index in [1.807, 2.05) is 20.8 Å². The lowest BCUT2D eigenvalue weighted by atomic mass is 10.1. The molecule has 0 spiro atoms. The number of amides is 1. The van der Waals surface area contributed by atoms with Gasteiger partial charge in [0, 0.05) is 30.8 Å². The summed E-state index contributed by atoms with van der Waals surface area (Å²) in [5.41, 5.74) is 1.28. The summed E-state index contributed by atoms with van der Waals surface area (Å²) in [5.74, 6) is -0.140. The standard InChI is InChI=1S/C18H24N4O3S2/c1-11(2)16(24)20-14-7-5-13(6-8-14)15(23)12(3)26-18-22-21-17(27-18)19-9-10-25-4/h5-8,11-12H,9-10H2,1-4H3,(H,19,21)(H,20,24)/t12-/m1/s1. The maximum atomic E-state index is 12.6. The van der Waals surface area contributed by atoms with Gasteiger partial charge in [0.25, 0.3) is 0 Å². The number of ketones is 1. The number of ether oxygens (including phenoxy) is 1. The molecule has 1 aromatic heterocycles. The van der Waals surface area contributed by atoms with E-state index >= 15 is 0 Å². The fourth-order valence-electron chi connectivity index (χ4n) is 2.03. The van der Waals surface area contributed by atoms with Gasteiger partial charge in [-0.1, -0.05) is 36.9 Å². The Kier molecular flexibility index (Phi) is 8.21. The number of carbonyl (C=O) groups is 2. The molecule has 1 aromatic carbocycles. The maximum Gasteiger partial charge on any atom is 0.226 e. The number of benzene rings is 1. The second-order valence-corrected chi connectivity index (χ2v) is 8.70. The van der Waals surface area contributed by atoms with Gasteiger partial charge in [-0.15, -0.1) is 10.2 Å². The molecule has 0 fully saturated rings. The maximum absolute atomic E-state index is 12.6. The molecule has 0 aliphatic heterocycles. The topological polar surface area (TPSA) is 93.2 Å². The quantitative estimate of drug-likeness (QED) is 0.353. The summed E-state index contributed by atoms with van der Waals surface area (Å²) in [4.78, 5) is 24.3. The Bertz CT molecular complexity index is 762. The molecule has 2 aromatic rings. The van der Waals surface area contributed by atoms with Crippen molar-refractivity contribution < 1.29 is 14.3 Å². The van der Waals surface area contributed by atoms with E-state index in [-0.39, 0.29) is 22.9 Å². The summed E-state index contributed by atoms with van der Waals surface area (Å²) >= 11 is 2.79. The highest BCUT2D eigenvalue weighted by Crippen LogP contribution is 2.30. The zero-order valence-electron chi connectivity index (χ0n) is 15.8. The van der Waals surface area contributed by atoms with E-state index < -0.39 is 0 Å². The van der Waals surface area contributed by atoms with Crippen molar-refractivity contribution in [3.05, 3.63) is 29.8 Å². The number of anilines is 2. The second-order valence-electron chi connectivity index (χ2n) is 6.14. The van der Waals surface area contributed by atoms with Crippen LogP contribution in [0.15, 0.2) is 28.6 Å². The van der Waals surface area contributed by atoms with Gasteiger partial charge in [-0.25, -0.2) is 0 Å². The fraction of sp³-hybridized carbons (Fsp3) is 0.444. The molecular weight excluding hydrogens is 384 g/mol. The summed E-state index contributed by atoms with van der Waals surface area (Å²) in [6.07, 6.45) is 0. The molecule has 1 heterocycles. The van der Waals surface area contributed by atoms with Crippen molar-refractivity contribution in [3.8, 4) is 0 Å². The lowest BCUT2D eigenvalue weighted by molar-refractivity contribution is -0.118. The number of nitrogens with one attached hydrogen (secondary N) is 2. The molecule has 0 aliphatic carbocycles. The van der Waals surface area contributed by atoms with Crippen LogP contribution in [0.2, 0.25) is 0 Å². The molecule has 9 heteroatoms. The summed E-state index contributed by atoms with van der Waals surface area (Å²) < 4.78 is 5.71. The Balaban J connectivity index is 1.92. The highest BCUT2D eigenvalue weighted by Gasteiger charge is 2.19. The van der Waals surface area contributed by atoms with Crippen molar-refractivity contribution in [1.29, 1.82) is 0 Å². The molecule has 1 atom stereocenters. The first kappa shape index (κ1) is 21.3. The first-order chi connectivity index (χ1) is 12.9. The Hall–Kier alpha value is -1.97. The van der Waals surface area contributed by atoms with Crippen LogP contribution in [0.3, 0.4) is 0 Å². The van der Waals surface area contributed by atoms with Gasteiger partial charge in [0.05, 0.1) is 11.9 Å². The summed E-state index contributed by atoms with van der Waals surface area (Å²) in [5, 5.41) is 14.5. The third-order valence-corrected chi connectivity index (χ3v) is 5.66. The SMILES string of the molecule is COCCNc1nnc(S[C@H](C)C(=O)c2ccc(NC(=O)C(C)C)cc2)s1. The van der Waals surface area contributed by atoms with Gasteiger partial charge in [-0.2, -0.15) is 0 Å². The van der Waals surface area contributed by atoms with Crippen LogP contribution in [0.25, 0.3) is 0 Å². The molecule has 2 rings (SSSR count). The Morgan fingerprint density at radius 1 is 1.19 bits per heavy atom. The number of thioether (sulfide) groups is 1. The monoisotopic (exact) mass is 408 g/mol. The molecule has 27 heavy (non-hydrogen) atoms. The van der Waals surface area contributed by atoms with Gasteiger partial charge in [-0.05, 0) is 31.2 Å². The smallest absolute Gasteiger partial charge is 0.226 e. The van der Waals surface area contributed by atoms with Crippen LogP contribution >= 0.6 is 23.1 Å². The third-order valence-electron chi connectivity index (χ3n) is 3.60. The van der Waals surface area contributed by atoms with E-state index in [4.69, 9.17) is 4.74 Å². The van der Waals surface area contributed by atoms with Crippen LogP contribution in [-0.4, -0.2) is 47.4 Å². The molecular formula is C18H24N4O3S2. The fourth-order valence-corrected chi connectivity index (χ4v) is 4.03. The van der Waals surface area contributed by atoms with E-state index in [0.717, 1.165) is 4.34 Å². The van der Waals surface area contributed by atoms with E-state index in [2.05, 4.69) is 20.8 Å². The summed E-state index contributed by atoms with van der Waals surface area (Å²) in [6, 6.07) is 6.95. The molecule has 2 N–H and O–H groups in total. The molecule has 146 valence electrons. The van der Waals surface area contributed by atoms with E-state index in [1.54, 1.807) is 31.4 Å². The van der Waals surface area contributed by atoms with Gasteiger partial charge in [0.1, 0.15) is 0 Å². The number of hydrogen-bond acceptors (Lipinski definition) is 8. The van der Waals surface area contributed by atoms with Crippen molar-refractivity contribution >= 4 is 45.6 Å². The van der Waals surface area contributed by atoms with Crippen molar-refractivity contribution in [1.82, 2.24) is 10.2 Å². The number of methoxy groups -OCH3 is 1. The summed E-state index contributed by atoms with van der Waals surface area (Å²) in [6.45, 7) is 6.76. The minimum Gasteiger partial charge on any atom is -0.383 e. The average molecular weight is 409 g/mol.